The predicted octanol–water partition coefficient (Wildman–Crippen LogP) is 2.37. The van der Waals surface area contributed by atoms with Crippen LogP contribution in [0.15, 0.2) is 36.5 Å². The van der Waals surface area contributed by atoms with E-state index in [4.69, 9.17) is 5.73 Å². The summed E-state index contributed by atoms with van der Waals surface area (Å²) in [6, 6.07) is 8.77. The van der Waals surface area contributed by atoms with Gasteiger partial charge in [0.2, 0.25) is 0 Å². The summed E-state index contributed by atoms with van der Waals surface area (Å²) in [5, 5.41) is 0. The first-order valence-electron chi connectivity index (χ1n) is 5.99. The number of benzene rings is 1. The van der Waals surface area contributed by atoms with Gasteiger partial charge in [-0.05, 0) is 41.8 Å². The molecule has 3 nitrogen and oxygen atoms in total. The van der Waals surface area contributed by atoms with E-state index in [0.717, 1.165) is 35.6 Å². The highest BCUT2D eigenvalue weighted by atomic mass is 19.1. The summed E-state index contributed by atoms with van der Waals surface area (Å²) in [4.78, 5) is 6.39. The second-order valence-electron chi connectivity index (χ2n) is 4.40. The Morgan fingerprint density at radius 3 is 3.00 bits per heavy atom. The molecule has 1 aromatic heterocycles. The average Bonchev–Trinajstić information content (AvgIpc) is 2.81. The van der Waals surface area contributed by atoms with Crippen molar-refractivity contribution in [3.8, 4) is 0 Å². The van der Waals surface area contributed by atoms with Crippen LogP contribution in [0.25, 0.3) is 0 Å². The highest BCUT2D eigenvalue weighted by Gasteiger charge is 2.21. The lowest BCUT2D eigenvalue weighted by atomic mass is 10.1. The molecule has 0 saturated carbocycles. The van der Waals surface area contributed by atoms with E-state index in [1.54, 1.807) is 12.3 Å². The zero-order valence-corrected chi connectivity index (χ0v) is 9.94. The van der Waals surface area contributed by atoms with Crippen LogP contribution in [0.1, 0.15) is 11.1 Å². The van der Waals surface area contributed by atoms with Crippen molar-refractivity contribution in [2.24, 2.45) is 5.73 Å². The molecule has 0 radical (unpaired) electrons. The molecule has 1 aliphatic heterocycles. The van der Waals surface area contributed by atoms with Gasteiger partial charge in [-0.3, -0.25) is 0 Å². The normalized spacial score (nSPS) is 13.8. The van der Waals surface area contributed by atoms with Crippen molar-refractivity contribution in [2.75, 3.05) is 11.4 Å². The summed E-state index contributed by atoms with van der Waals surface area (Å²) < 4.78 is 13.3. The molecule has 2 aromatic rings. The van der Waals surface area contributed by atoms with Crippen LogP contribution < -0.4 is 10.6 Å². The molecule has 18 heavy (non-hydrogen) atoms. The Labute approximate surface area is 105 Å². The summed E-state index contributed by atoms with van der Waals surface area (Å²) in [5.74, 6) is 0.623. The molecule has 0 bridgehead atoms. The molecular weight excluding hydrogens is 229 g/mol. The van der Waals surface area contributed by atoms with Gasteiger partial charge in [-0.15, -0.1) is 0 Å². The Hall–Kier alpha value is -1.94. The molecule has 2 N–H and O–H groups in total. The van der Waals surface area contributed by atoms with Gasteiger partial charge >= 0.3 is 0 Å². The molecule has 4 heteroatoms. The zero-order valence-electron chi connectivity index (χ0n) is 9.94. The third-order valence-corrected chi connectivity index (χ3v) is 3.27. The number of pyridine rings is 1. The average molecular weight is 243 g/mol. The van der Waals surface area contributed by atoms with Crippen molar-refractivity contribution < 1.29 is 4.39 Å². The lowest BCUT2D eigenvalue weighted by Crippen LogP contribution is -2.15. The van der Waals surface area contributed by atoms with E-state index in [0.29, 0.717) is 6.54 Å². The maximum atomic E-state index is 13.3. The number of rotatable bonds is 2. The van der Waals surface area contributed by atoms with Gasteiger partial charge in [-0.1, -0.05) is 6.07 Å². The largest absolute Gasteiger partial charge is 0.326 e. The van der Waals surface area contributed by atoms with Crippen LogP contribution in [0.4, 0.5) is 15.9 Å². The molecule has 0 fully saturated rings. The highest BCUT2D eigenvalue weighted by Crippen LogP contribution is 2.34. The Morgan fingerprint density at radius 1 is 1.28 bits per heavy atom. The third kappa shape index (κ3) is 1.84. The van der Waals surface area contributed by atoms with Crippen molar-refractivity contribution in [2.45, 2.75) is 13.0 Å². The van der Waals surface area contributed by atoms with Gasteiger partial charge in [-0.25, -0.2) is 9.37 Å². The molecular formula is C14H14FN3. The molecule has 0 spiro atoms. The van der Waals surface area contributed by atoms with Gasteiger partial charge in [-0.2, -0.15) is 0 Å². The number of hydrogen-bond acceptors (Lipinski definition) is 3. The van der Waals surface area contributed by atoms with E-state index >= 15 is 0 Å². The number of nitrogens with two attached hydrogens (primary N) is 1. The van der Waals surface area contributed by atoms with E-state index in [2.05, 4.69) is 4.98 Å². The lowest BCUT2D eigenvalue weighted by molar-refractivity contribution is 0.628. The van der Waals surface area contributed by atoms with Crippen LogP contribution in [-0.2, 0) is 13.0 Å². The molecule has 0 atom stereocenters. The van der Waals surface area contributed by atoms with E-state index in [1.807, 2.05) is 23.1 Å². The molecule has 1 aromatic carbocycles. The minimum Gasteiger partial charge on any atom is -0.326 e. The van der Waals surface area contributed by atoms with Gasteiger partial charge in [0.25, 0.3) is 0 Å². The molecule has 1 aliphatic rings. The maximum absolute atomic E-state index is 13.3. The second-order valence-corrected chi connectivity index (χ2v) is 4.40. The van der Waals surface area contributed by atoms with E-state index in [9.17, 15) is 4.39 Å². The van der Waals surface area contributed by atoms with Gasteiger partial charge in [0, 0.05) is 25.0 Å². The van der Waals surface area contributed by atoms with Crippen molar-refractivity contribution in [1.29, 1.82) is 0 Å². The summed E-state index contributed by atoms with van der Waals surface area (Å²) in [7, 11) is 0. The van der Waals surface area contributed by atoms with E-state index in [-0.39, 0.29) is 5.82 Å². The van der Waals surface area contributed by atoms with Crippen LogP contribution >= 0.6 is 0 Å². The molecule has 0 unspecified atom stereocenters. The Morgan fingerprint density at radius 2 is 2.17 bits per heavy atom. The Balaban J connectivity index is 2.02. The fourth-order valence-electron chi connectivity index (χ4n) is 2.33. The first-order chi connectivity index (χ1) is 8.78. The van der Waals surface area contributed by atoms with Gasteiger partial charge in [0.1, 0.15) is 11.6 Å². The van der Waals surface area contributed by atoms with Crippen LogP contribution in [0.2, 0.25) is 0 Å². The van der Waals surface area contributed by atoms with Crippen LogP contribution in [0.5, 0.6) is 0 Å². The zero-order chi connectivity index (χ0) is 12.5. The maximum Gasteiger partial charge on any atom is 0.133 e. The number of fused-ring (bicyclic) bond motifs is 1. The molecule has 0 aliphatic carbocycles. The fourth-order valence-corrected chi connectivity index (χ4v) is 2.33. The van der Waals surface area contributed by atoms with Crippen molar-refractivity contribution in [1.82, 2.24) is 4.98 Å². The summed E-state index contributed by atoms with van der Waals surface area (Å²) in [6.07, 6.45) is 2.67. The Kier molecular flexibility index (Phi) is 2.72. The number of halogens is 1. The number of hydrogen-bond donors (Lipinski definition) is 1. The fraction of sp³-hybridized carbons (Fsp3) is 0.214. The van der Waals surface area contributed by atoms with E-state index in [1.165, 1.54) is 6.07 Å². The smallest absolute Gasteiger partial charge is 0.133 e. The van der Waals surface area contributed by atoms with E-state index < -0.39 is 0 Å². The third-order valence-electron chi connectivity index (χ3n) is 3.27. The number of aromatic nitrogens is 1. The standard InChI is InChI=1S/C14H14FN3/c15-12-2-1-11-4-6-18(13(11)8-12)14-7-10(9-16)3-5-17-14/h1-3,5,7-8H,4,6,9,16H2. The SMILES string of the molecule is NCc1ccnc(N2CCc3ccc(F)cc32)c1. The quantitative estimate of drug-likeness (QED) is 0.880. The first-order valence-corrected chi connectivity index (χ1v) is 5.99. The van der Waals surface area contributed by atoms with Crippen molar-refractivity contribution >= 4 is 11.5 Å². The lowest BCUT2D eigenvalue weighted by Gasteiger charge is -2.18. The number of anilines is 2. The predicted molar refractivity (Wildman–Crippen MR) is 69.2 cm³/mol. The number of nitrogens with zero attached hydrogens (tertiary/aromatic N) is 2. The summed E-state index contributed by atoms with van der Waals surface area (Å²) in [6.45, 7) is 1.32. The molecule has 0 saturated heterocycles. The van der Waals surface area contributed by atoms with Crippen molar-refractivity contribution in [3.05, 3.63) is 53.5 Å². The van der Waals surface area contributed by atoms with Crippen molar-refractivity contribution in [3.63, 3.8) is 0 Å². The van der Waals surface area contributed by atoms with Crippen LogP contribution in [0.3, 0.4) is 0 Å². The minimum atomic E-state index is -0.212. The molecule has 0 amide bonds. The minimum absolute atomic E-state index is 0.212. The van der Waals surface area contributed by atoms with Crippen LogP contribution in [-0.4, -0.2) is 11.5 Å². The molecule has 92 valence electrons. The summed E-state index contributed by atoms with van der Waals surface area (Å²) in [5.41, 5.74) is 8.74. The van der Waals surface area contributed by atoms with Gasteiger partial charge < -0.3 is 10.6 Å². The topological polar surface area (TPSA) is 42.1 Å². The Bertz CT molecular complexity index is 583. The first kappa shape index (κ1) is 11.2. The molecule has 2 heterocycles. The summed E-state index contributed by atoms with van der Waals surface area (Å²) >= 11 is 0. The monoisotopic (exact) mass is 243 g/mol. The van der Waals surface area contributed by atoms with Gasteiger partial charge in [0.15, 0.2) is 0 Å². The van der Waals surface area contributed by atoms with Crippen LogP contribution in [0, 0.1) is 5.82 Å². The highest BCUT2D eigenvalue weighted by molar-refractivity contribution is 5.67. The molecule has 3 rings (SSSR count). The second kappa shape index (κ2) is 4.38. The van der Waals surface area contributed by atoms with Gasteiger partial charge in [0.05, 0.1) is 0 Å².